The highest BCUT2D eigenvalue weighted by atomic mass is 16.3. The van der Waals surface area contributed by atoms with Crippen LogP contribution in [-0.4, -0.2) is 60.1 Å². The normalized spacial score (nSPS) is 16.4. The van der Waals surface area contributed by atoms with E-state index in [4.69, 9.17) is 5.11 Å². The van der Waals surface area contributed by atoms with Crippen molar-refractivity contribution >= 4 is 5.91 Å². The summed E-state index contributed by atoms with van der Waals surface area (Å²) in [6.07, 6.45) is 1.31. The Hall–Kier alpha value is -1.39. The van der Waals surface area contributed by atoms with Crippen LogP contribution < -0.4 is 0 Å². The summed E-state index contributed by atoms with van der Waals surface area (Å²) in [5.74, 6) is 0.218. The van der Waals surface area contributed by atoms with Gasteiger partial charge in [0.05, 0.1) is 6.42 Å². The molecule has 0 atom stereocenters. The smallest absolute Gasteiger partial charge is 0.227 e. The molecule has 4 heteroatoms. The van der Waals surface area contributed by atoms with E-state index in [1.807, 2.05) is 17.0 Å². The van der Waals surface area contributed by atoms with E-state index in [1.165, 1.54) is 5.56 Å². The third kappa shape index (κ3) is 4.32. The molecule has 1 N–H and O–H groups in total. The lowest BCUT2D eigenvalue weighted by atomic mass is 10.1. The van der Waals surface area contributed by atoms with Crippen molar-refractivity contribution in [2.45, 2.75) is 19.8 Å². The van der Waals surface area contributed by atoms with E-state index in [2.05, 4.69) is 24.0 Å². The fourth-order valence-electron chi connectivity index (χ4n) is 2.51. The summed E-state index contributed by atoms with van der Waals surface area (Å²) in [6, 6.07) is 8.17. The molecule has 0 spiro atoms. The van der Waals surface area contributed by atoms with Crippen LogP contribution in [0.4, 0.5) is 0 Å². The summed E-state index contributed by atoms with van der Waals surface area (Å²) in [5, 5.41) is 8.83. The number of amides is 1. The van der Waals surface area contributed by atoms with E-state index in [9.17, 15) is 4.79 Å². The fourth-order valence-corrected chi connectivity index (χ4v) is 2.51. The average Bonchev–Trinajstić information content (AvgIpc) is 2.48. The minimum Gasteiger partial charge on any atom is -0.396 e. The van der Waals surface area contributed by atoms with E-state index < -0.39 is 0 Å². The number of carbonyl (C=O) groups excluding carboxylic acids is 1. The monoisotopic (exact) mass is 276 g/mol. The Balaban J connectivity index is 1.78. The quantitative estimate of drug-likeness (QED) is 0.875. The largest absolute Gasteiger partial charge is 0.396 e. The number of piperazine rings is 1. The number of aliphatic hydroxyl groups is 1. The first-order chi connectivity index (χ1) is 9.69. The predicted octanol–water partition coefficient (Wildman–Crippen LogP) is 1.06. The zero-order valence-electron chi connectivity index (χ0n) is 12.2. The molecule has 0 radical (unpaired) electrons. The Bertz CT molecular complexity index is 423. The highest BCUT2D eigenvalue weighted by Crippen LogP contribution is 2.08. The number of rotatable bonds is 5. The molecule has 1 aromatic rings. The molecule has 2 rings (SSSR count). The van der Waals surface area contributed by atoms with Crippen LogP contribution in [0.3, 0.4) is 0 Å². The maximum Gasteiger partial charge on any atom is 0.227 e. The highest BCUT2D eigenvalue weighted by Gasteiger charge is 2.20. The molecule has 1 aliphatic heterocycles. The van der Waals surface area contributed by atoms with E-state index in [0.29, 0.717) is 6.42 Å². The van der Waals surface area contributed by atoms with Gasteiger partial charge in [0.2, 0.25) is 5.91 Å². The number of benzene rings is 1. The van der Waals surface area contributed by atoms with Crippen molar-refractivity contribution in [2.75, 3.05) is 39.3 Å². The van der Waals surface area contributed by atoms with Crippen LogP contribution in [0.2, 0.25) is 0 Å². The van der Waals surface area contributed by atoms with Gasteiger partial charge in [-0.3, -0.25) is 9.69 Å². The first kappa shape index (κ1) is 15.0. The second-order valence-corrected chi connectivity index (χ2v) is 5.46. The number of hydrogen-bond donors (Lipinski definition) is 1. The van der Waals surface area contributed by atoms with Gasteiger partial charge in [0, 0.05) is 39.3 Å². The van der Waals surface area contributed by atoms with Gasteiger partial charge in [-0.1, -0.05) is 29.8 Å². The summed E-state index contributed by atoms with van der Waals surface area (Å²) < 4.78 is 0. The fraction of sp³-hybridized carbons (Fsp3) is 0.562. The van der Waals surface area contributed by atoms with Crippen molar-refractivity contribution < 1.29 is 9.90 Å². The number of carbonyl (C=O) groups is 1. The molecule has 1 fully saturated rings. The van der Waals surface area contributed by atoms with Crippen LogP contribution in [0.25, 0.3) is 0 Å². The Labute approximate surface area is 121 Å². The van der Waals surface area contributed by atoms with Crippen molar-refractivity contribution in [1.82, 2.24) is 9.80 Å². The summed E-state index contributed by atoms with van der Waals surface area (Å²) in [5.41, 5.74) is 2.31. The van der Waals surface area contributed by atoms with E-state index in [-0.39, 0.29) is 12.5 Å². The van der Waals surface area contributed by atoms with Crippen LogP contribution >= 0.6 is 0 Å². The second kappa shape index (κ2) is 7.41. The Morgan fingerprint density at radius 3 is 2.40 bits per heavy atom. The Kier molecular flexibility index (Phi) is 5.56. The number of hydrogen-bond acceptors (Lipinski definition) is 3. The molecule has 0 bridgehead atoms. The highest BCUT2D eigenvalue weighted by molar-refractivity contribution is 5.78. The van der Waals surface area contributed by atoms with Gasteiger partial charge in [0.1, 0.15) is 0 Å². The third-order valence-corrected chi connectivity index (χ3v) is 3.83. The summed E-state index contributed by atoms with van der Waals surface area (Å²) in [4.78, 5) is 16.5. The standard InChI is InChI=1S/C16H24N2O2/c1-14-3-5-15(6-4-14)13-16(20)18-10-8-17(9-11-18)7-2-12-19/h3-6,19H,2,7-13H2,1H3. The summed E-state index contributed by atoms with van der Waals surface area (Å²) in [7, 11) is 0. The zero-order chi connectivity index (χ0) is 14.4. The van der Waals surface area contributed by atoms with Gasteiger partial charge in [-0.25, -0.2) is 0 Å². The van der Waals surface area contributed by atoms with E-state index >= 15 is 0 Å². The van der Waals surface area contributed by atoms with Crippen molar-refractivity contribution in [3.63, 3.8) is 0 Å². The molecule has 0 aromatic heterocycles. The first-order valence-electron chi connectivity index (χ1n) is 7.35. The van der Waals surface area contributed by atoms with Gasteiger partial charge < -0.3 is 10.0 Å². The van der Waals surface area contributed by atoms with Crippen LogP contribution in [0.5, 0.6) is 0 Å². The average molecular weight is 276 g/mol. The molecule has 1 saturated heterocycles. The maximum absolute atomic E-state index is 12.2. The molecule has 110 valence electrons. The minimum absolute atomic E-state index is 0.218. The van der Waals surface area contributed by atoms with Gasteiger partial charge in [-0.15, -0.1) is 0 Å². The third-order valence-electron chi connectivity index (χ3n) is 3.83. The zero-order valence-corrected chi connectivity index (χ0v) is 12.2. The van der Waals surface area contributed by atoms with Crippen molar-refractivity contribution in [3.8, 4) is 0 Å². The van der Waals surface area contributed by atoms with Gasteiger partial charge >= 0.3 is 0 Å². The van der Waals surface area contributed by atoms with Gasteiger partial charge in [0.25, 0.3) is 0 Å². The van der Waals surface area contributed by atoms with Crippen LogP contribution in [0, 0.1) is 6.92 Å². The van der Waals surface area contributed by atoms with Crippen molar-refractivity contribution in [3.05, 3.63) is 35.4 Å². The molecule has 20 heavy (non-hydrogen) atoms. The lowest BCUT2D eigenvalue weighted by Gasteiger charge is -2.34. The molecule has 1 heterocycles. The Morgan fingerprint density at radius 1 is 1.15 bits per heavy atom. The number of nitrogens with zero attached hydrogens (tertiary/aromatic N) is 2. The molecule has 1 amide bonds. The molecular weight excluding hydrogens is 252 g/mol. The van der Waals surface area contributed by atoms with Crippen molar-refractivity contribution in [1.29, 1.82) is 0 Å². The second-order valence-electron chi connectivity index (χ2n) is 5.46. The maximum atomic E-state index is 12.2. The molecule has 1 aromatic carbocycles. The lowest BCUT2D eigenvalue weighted by molar-refractivity contribution is -0.132. The topological polar surface area (TPSA) is 43.8 Å². The first-order valence-corrected chi connectivity index (χ1v) is 7.35. The Morgan fingerprint density at radius 2 is 1.80 bits per heavy atom. The lowest BCUT2D eigenvalue weighted by Crippen LogP contribution is -2.49. The molecule has 1 aliphatic rings. The van der Waals surface area contributed by atoms with Gasteiger partial charge in [0.15, 0.2) is 0 Å². The number of aryl methyl sites for hydroxylation is 1. The van der Waals surface area contributed by atoms with Crippen LogP contribution in [0.15, 0.2) is 24.3 Å². The minimum atomic E-state index is 0.218. The number of aliphatic hydroxyl groups excluding tert-OH is 1. The molecule has 0 unspecified atom stereocenters. The molecule has 4 nitrogen and oxygen atoms in total. The summed E-state index contributed by atoms with van der Waals surface area (Å²) in [6.45, 7) is 6.66. The van der Waals surface area contributed by atoms with Crippen LogP contribution in [0.1, 0.15) is 17.5 Å². The van der Waals surface area contributed by atoms with E-state index in [1.54, 1.807) is 0 Å². The molecular formula is C16H24N2O2. The van der Waals surface area contributed by atoms with Gasteiger partial charge in [-0.05, 0) is 18.9 Å². The van der Waals surface area contributed by atoms with Gasteiger partial charge in [-0.2, -0.15) is 0 Å². The van der Waals surface area contributed by atoms with Crippen LogP contribution in [-0.2, 0) is 11.2 Å². The SMILES string of the molecule is Cc1ccc(CC(=O)N2CCN(CCCO)CC2)cc1. The predicted molar refractivity (Wildman–Crippen MR) is 79.6 cm³/mol. The van der Waals surface area contributed by atoms with Crippen molar-refractivity contribution in [2.24, 2.45) is 0 Å². The van der Waals surface area contributed by atoms with E-state index in [0.717, 1.165) is 44.7 Å². The molecule has 0 aliphatic carbocycles. The summed E-state index contributed by atoms with van der Waals surface area (Å²) >= 11 is 0. The molecule has 0 saturated carbocycles.